The molecule has 1 saturated carbocycles. The first-order valence-electron chi connectivity index (χ1n) is 9.98. The molecule has 12 heteroatoms. The van der Waals surface area contributed by atoms with Gasteiger partial charge in [-0.1, -0.05) is 40.9 Å². The van der Waals surface area contributed by atoms with E-state index in [1.165, 1.54) is 55.6 Å². The lowest BCUT2D eigenvalue weighted by molar-refractivity contribution is -0.117. The largest absolute Gasteiger partial charge is 0.481 e. The van der Waals surface area contributed by atoms with Gasteiger partial charge < -0.3 is 15.4 Å². The van der Waals surface area contributed by atoms with E-state index < -0.39 is 33.8 Å². The molecule has 6 nitrogen and oxygen atoms in total. The number of anilines is 2. The molecule has 1 aliphatic rings. The number of aromatic nitrogens is 1. The van der Waals surface area contributed by atoms with Gasteiger partial charge in [0.15, 0.2) is 5.15 Å². The number of methoxy groups -OCH3 is 1. The van der Waals surface area contributed by atoms with Gasteiger partial charge in [0.2, 0.25) is 11.8 Å². The van der Waals surface area contributed by atoms with Crippen LogP contribution in [-0.2, 0) is 4.79 Å². The van der Waals surface area contributed by atoms with Crippen molar-refractivity contribution in [1.29, 1.82) is 0 Å². The molecule has 1 heterocycles. The van der Waals surface area contributed by atoms with Gasteiger partial charge in [0, 0.05) is 17.7 Å². The van der Waals surface area contributed by atoms with Crippen LogP contribution in [0.1, 0.15) is 21.8 Å². The summed E-state index contributed by atoms with van der Waals surface area (Å²) in [6, 6.07) is 11.5. The van der Waals surface area contributed by atoms with Gasteiger partial charge in [0.25, 0.3) is 5.91 Å². The van der Waals surface area contributed by atoms with E-state index in [1.807, 2.05) is 0 Å². The molecule has 3 aromatic rings. The van der Waals surface area contributed by atoms with E-state index in [0.29, 0.717) is 5.56 Å². The summed E-state index contributed by atoms with van der Waals surface area (Å²) in [5, 5.41) is 5.38. The van der Waals surface area contributed by atoms with E-state index in [1.54, 1.807) is 0 Å². The molecular weight excluding hydrogens is 563 g/mol. The van der Waals surface area contributed by atoms with Crippen molar-refractivity contribution < 1.29 is 18.7 Å². The van der Waals surface area contributed by atoms with E-state index in [9.17, 15) is 14.0 Å². The van der Waals surface area contributed by atoms with Crippen molar-refractivity contribution in [2.24, 2.45) is 5.92 Å². The first-order valence-corrected chi connectivity index (χ1v) is 11.9. The van der Waals surface area contributed by atoms with E-state index in [-0.39, 0.29) is 38.0 Å². The Labute approximate surface area is 224 Å². The number of amides is 2. The van der Waals surface area contributed by atoms with Crippen LogP contribution in [0.15, 0.2) is 48.5 Å². The Balaban J connectivity index is 1.50. The second-order valence-electron chi connectivity index (χ2n) is 7.63. The maximum absolute atomic E-state index is 13.5. The van der Waals surface area contributed by atoms with Crippen LogP contribution in [0.4, 0.5) is 15.8 Å². The lowest BCUT2D eigenvalue weighted by atomic mass is 10.1. The molecule has 2 unspecified atom stereocenters. The van der Waals surface area contributed by atoms with Crippen molar-refractivity contribution in [3.8, 4) is 5.88 Å². The molecule has 0 spiro atoms. The van der Waals surface area contributed by atoms with Crippen LogP contribution in [0, 0.1) is 11.7 Å². The molecule has 1 fully saturated rings. The molecule has 35 heavy (non-hydrogen) atoms. The van der Waals surface area contributed by atoms with Crippen molar-refractivity contribution in [2.45, 2.75) is 10.3 Å². The molecule has 1 aromatic heterocycles. The third-order valence-electron chi connectivity index (χ3n) is 5.40. The number of carbonyl (C=O) groups is 2. The number of pyridine rings is 1. The molecule has 0 radical (unpaired) electrons. The first kappa shape index (κ1) is 25.8. The Morgan fingerprint density at radius 3 is 2.40 bits per heavy atom. The molecule has 0 bridgehead atoms. The number of nitrogens with zero attached hydrogens (tertiary/aromatic N) is 1. The van der Waals surface area contributed by atoms with Gasteiger partial charge in [-0.05, 0) is 42.0 Å². The van der Waals surface area contributed by atoms with Crippen LogP contribution in [0.3, 0.4) is 0 Å². The molecule has 1 aliphatic carbocycles. The average Bonchev–Trinajstić information content (AvgIpc) is 3.40. The number of ether oxygens (including phenoxy) is 1. The molecule has 0 aliphatic heterocycles. The normalized spacial score (nSPS) is 18.0. The van der Waals surface area contributed by atoms with Gasteiger partial charge in [0.05, 0.1) is 34.3 Å². The SMILES string of the molecule is COc1ccc(NC(=O)c2cc(NC(=O)C3C(c4ccc(F)c(Cl)c4)C3(Cl)Cl)ccc2Cl)c(Cl)n1. The number of rotatable bonds is 6. The number of nitrogens with one attached hydrogen (secondary N) is 2. The van der Waals surface area contributed by atoms with E-state index in [4.69, 9.17) is 62.7 Å². The summed E-state index contributed by atoms with van der Waals surface area (Å²) in [5.41, 5.74) is 1.14. The predicted molar refractivity (Wildman–Crippen MR) is 136 cm³/mol. The summed E-state index contributed by atoms with van der Waals surface area (Å²) in [6.45, 7) is 0. The molecule has 182 valence electrons. The van der Waals surface area contributed by atoms with Crippen molar-refractivity contribution in [2.75, 3.05) is 17.7 Å². The Morgan fingerprint density at radius 2 is 1.74 bits per heavy atom. The summed E-state index contributed by atoms with van der Waals surface area (Å²) in [4.78, 5) is 29.7. The number of benzene rings is 2. The zero-order valence-electron chi connectivity index (χ0n) is 17.7. The molecule has 2 N–H and O–H groups in total. The number of halogens is 6. The van der Waals surface area contributed by atoms with Crippen LogP contribution in [0.25, 0.3) is 0 Å². The highest BCUT2D eigenvalue weighted by atomic mass is 35.5. The molecule has 2 aromatic carbocycles. The number of alkyl halides is 2. The van der Waals surface area contributed by atoms with Crippen molar-refractivity contribution in [3.05, 3.63) is 80.7 Å². The molecule has 2 atom stereocenters. The number of hydrogen-bond donors (Lipinski definition) is 2. The fraction of sp³-hybridized carbons (Fsp3) is 0.174. The lowest BCUT2D eigenvalue weighted by Gasteiger charge is -2.11. The Kier molecular flexibility index (Phi) is 7.36. The van der Waals surface area contributed by atoms with Gasteiger partial charge in [-0.15, -0.1) is 23.2 Å². The standard InChI is InChI=1S/C23H15Cl5FN3O3/c1-35-17-7-6-16(20(26)32-17)31-21(33)12-9-11(3-4-13(12)24)30-22(34)19-18(23(19,27)28)10-2-5-15(29)14(25)8-10/h2-9,18-19H,1H3,(H,30,34)(H,31,33). The van der Waals surface area contributed by atoms with E-state index in [2.05, 4.69) is 15.6 Å². The monoisotopic (exact) mass is 575 g/mol. The molecule has 4 rings (SSSR count). The lowest BCUT2D eigenvalue weighted by Crippen LogP contribution is -2.18. The third kappa shape index (κ3) is 5.29. The first-order chi connectivity index (χ1) is 16.5. The summed E-state index contributed by atoms with van der Waals surface area (Å²) in [5.74, 6) is -2.80. The van der Waals surface area contributed by atoms with Crippen molar-refractivity contribution >= 4 is 81.2 Å². The van der Waals surface area contributed by atoms with Gasteiger partial charge in [-0.25, -0.2) is 4.39 Å². The Morgan fingerprint density at radius 1 is 1.00 bits per heavy atom. The maximum atomic E-state index is 13.5. The minimum absolute atomic E-state index is 0.0273. The Bertz CT molecular complexity index is 1340. The third-order valence-corrected chi connectivity index (χ3v) is 7.25. The fourth-order valence-electron chi connectivity index (χ4n) is 3.58. The smallest absolute Gasteiger partial charge is 0.257 e. The zero-order valence-corrected chi connectivity index (χ0v) is 21.5. The van der Waals surface area contributed by atoms with Gasteiger partial charge in [-0.2, -0.15) is 4.98 Å². The maximum Gasteiger partial charge on any atom is 0.257 e. The topological polar surface area (TPSA) is 80.3 Å². The highest BCUT2D eigenvalue weighted by molar-refractivity contribution is 6.53. The highest BCUT2D eigenvalue weighted by Gasteiger charge is 2.67. The van der Waals surface area contributed by atoms with Crippen molar-refractivity contribution in [1.82, 2.24) is 4.98 Å². The van der Waals surface area contributed by atoms with E-state index >= 15 is 0 Å². The van der Waals surface area contributed by atoms with Crippen LogP contribution in [-0.4, -0.2) is 28.2 Å². The average molecular weight is 578 g/mol. The van der Waals surface area contributed by atoms with Crippen LogP contribution < -0.4 is 15.4 Å². The van der Waals surface area contributed by atoms with Crippen molar-refractivity contribution in [3.63, 3.8) is 0 Å². The zero-order chi connectivity index (χ0) is 25.5. The molecular formula is C23H15Cl5FN3O3. The second kappa shape index (κ2) is 9.99. The highest BCUT2D eigenvalue weighted by Crippen LogP contribution is 2.65. The van der Waals surface area contributed by atoms with Gasteiger partial charge in [0.1, 0.15) is 10.2 Å². The number of hydrogen-bond acceptors (Lipinski definition) is 4. The fourth-order valence-corrected chi connectivity index (χ4v) is 5.00. The summed E-state index contributed by atoms with van der Waals surface area (Å²) in [7, 11) is 1.44. The second-order valence-corrected chi connectivity index (χ2v) is 10.3. The predicted octanol–water partition coefficient (Wildman–Crippen LogP) is 6.97. The van der Waals surface area contributed by atoms with Gasteiger partial charge >= 0.3 is 0 Å². The summed E-state index contributed by atoms with van der Waals surface area (Å²) in [6.07, 6.45) is 0. The number of carbonyl (C=O) groups excluding carboxylic acids is 2. The minimum atomic E-state index is -1.41. The Hall–Kier alpha value is -2.29. The van der Waals surface area contributed by atoms with E-state index in [0.717, 1.165) is 0 Å². The molecule has 2 amide bonds. The van der Waals surface area contributed by atoms with Crippen LogP contribution >= 0.6 is 58.0 Å². The molecule has 0 saturated heterocycles. The summed E-state index contributed by atoms with van der Waals surface area (Å²) < 4.78 is 17.1. The van der Waals surface area contributed by atoms with Crippen LogP contribution in [0.2, 0.25) is 15.2 Å². The minimum Gasteiger partial charge on any atom is -0.481 e. The summed E-state index contributed by atoms with van der Waals surface area (Å²) >= 11 is 30.8. The van der Waals surface area contributed by atoms with Crippen LogP contribution in [0.5, 0.6) is 5.88 Å². The van der Waals surface area contributed by atoms with Gasteiger partial charge in [-0.3, -0.25) is 9.59 Å². The quantitative estimate of drug-likeness (QED) is 0.245.